The highest BCUT2D eigenvalue weighted by Crippen LogP contribution is 2.32. The highest BCUT2D eigenvalue weighted by Gasteiger charge is 2.28. The number of piperidine rings is 1. The second-order valence-electron chi connectivity index (χ2n) is 6.85. The Labute approximate surface area is 122 Å². The Hall–Kier alpha value is -1.02. The van der Waals surface area contributed by atoms with Crippen LogP contribution in [0.25, 0.3) is 0 Å². The molecule has 3 aliphatic rings. The Morgan fingerprint density at radius 3 is 2.75 bits per heavy atom. The quantitative estimate of drug-likeness (QED) is 0.906. The molecule has 1 atom stereocenters. The molecule has 1 aromatic rings. The molecule has 0 amide bonds. The molecule has 1 saturated carbocycles. The van der Waals surface area contributed by atoms with E-state index in [-0.39, 0.29) is 0 Å². The Balaban J connectivity index is 1.53. The molecule has 1 aliphatic heterocycles. The van der Waals surface area contributed by atoms with E-state index in [9.17, 15) is 0 Å². The number of hydrogen-bond donors (Lipinski definition) is 1. The average molecular weight is 270 g/mol. The fraction of sp³-hybridized carbons (Fsp3) is 0.667. The van der Waals surface area contributed by atoms with E-state index in [1.807, 2.05) is 0 Å². The van der Waals surface area contributed by atoms with Gasteiger partial charge in [-0.3, -0.25) is 0 Å². The normalized spacial score (nSPS) is 26.4. The van der Waals surface area contributed by atoms with Gasteiger partial charge in [0.2, 0.25) is 0 Å². The van der Waals surface area contributed by atoms with Gasteiger partial charge in [-0.05, 0) is 68.6 Å². The van der Waals surface area contributed by atoms with Crippen LogP contribution in [0.15, 0.2) is 18.2 Å². The van der Waals surface area contributed by atoms with Gasteiger partial charge in [0.15, 0.2) is 0 Å². The average Bonchev–Trinajstić information content (AvgIpc) is 3.31. The molecule has 20 heavy (non-hydrogen) atoms. The van der Waals surface area contributed by atoms with Gasteiger partial charge < -0.3 is 10.2 Å². The smallest absolute Gasteiger partial charge is 0.0402 e. The molecule has 1 unspecified atom stereocenters. The molecular weight excluding hydrogens is 244 g/mol. The second-order valence-corrected chi connectivity index (χ2v) is 6.85. The van der Waals surface area contributed by atoms with Crippen molar-refractivity contribution in [3.63, 3.8) is 0 Å². The van der Waals surface area contributed by atoms with Crippen LogP contribution in [0.3, 0.4) is 0 Å². The molecule has 2 nitrogen and oxygen atoms in total. The van der Waals surface area contributed by atoms with Crippen molar-refractivity contribution in [2.24, 2.45) is 0 Å². The first kappa shape index (κ1) is 12.7. The lowest BCUT2D eigenvalue weighted by molar-refractivity contribution is 0.419. The van der Waals surface area contributed by atoms with Crippen LogP contribution < -0.4 is 10.2 Å². The van der Waals surface area contributed by atoms with Gasteiger partial charge in [0.1, 0.15) is 0 Å². The zero-order valence-electron chi connectivity index (χ0n) is 12.4. The summed E-state index contributed by atoms with van der Waals surface area (Å²) in [7, 11) is 0. The summed E-state index contributed by atoms with van der Waals surface area (Å²) < 4.78 is 0. The van der Waals surface area contributed by atoms with E-state index in [1.54, 1.807) is 16.8 Å². The van der Waals surface area contributed by atoms with Crippen molar-refractivity contribution in [3.8, 4) is 0 Å². The molecule has 2 heteroatoms. The molecule has 1 N–H and O–H groups in total. The lowest BCUT2D eigenvalue weighted by atomic mass is 9.89. The van der Waals surface area contributed by atoms with Crippen molar-refractivity contribution in [2.45, 2.75) is 63.5 Å². The molecule has 1 heterocycles. The Morgan fingerprint density at radius 2 is 1.85 bits per heavy atom. The first-order chi connectivity index (χ1) is 9.90. The van der Waals surface area contributed by atoms with Gasteiger partial charge in [0.25, 0.3) is 0 Å². The van der Waals surface area contributed by atoms with Crippen molar-refractivity contribution in [3.05, 3.63) is 29.3 Å². The molecule has 2 aliphatic carbocycles. The third kappa shape index (κ3) is 2.58. The van der Waals surface area contributed by atoms with Crippen LogP contribution in [0.2, 0.25) is 0 Å². The molecule has 2 fully saturated rings. The summed E-state index contributed by atoms with van der Waals surface area (Å²) in [5.41, 5.74) is 4.82. The molecule has 0 spiro atoms. The van der Waals surface area contributed by atoms with Crippen LogP contribution in [-0.2, 0) is 12.8 Å². The Bertz CT molecular complexity index is 478. The molecule has 1 saturated heterocycles. The van der Waals surface area contributed by atoms with Gasteiger partial charge in [0.05, 0.1) is 0 Å². The zero-order chi connectivity index (χ0) is 13.4. The standard InChI is InChI=1S/C18H26N2/c1-2-8-17-14(5-1)6-3-9-18(17)20-12-4-7-16(13-20)19-15-10-11-15/h3,6,9,15-16,19H,1-2,4-5,7-8,10-13H2. The van der Waals surface area contributed by atoms with Crippen LogP contribution in [0.5, 0.6) is 0 Å². The van der Waals surface area contributed by atoms with Crippen molar-refractivity contribution >= 4 is 5.69 Å². The Kier molecular flexibility index (Phi) is 3.43. The van der Waals surface area contributed by atoms with Gasteiger partial charge in [-0.15, -0.1) is 0 Å². The summed E-state index contributed by atoms with van der Waals surface area (Å²) in [5, 5.41) is 3.83. The van der Waals surface area contributed by atoms with Crippen LogP contribution in [-0.4, -0.2) is 25.2 Å². The van der Waals surface area contributed by atoms with E-state index < -0.39 is 0 Å². The number of fused-ring (bicyclic) bond motifs is 1. The maximum absolute atomic E-state index is 3.83. The third-order valence-electron chi connectivity index (χ3n) is 5.18. The molecule has 0 radical (unpaired) electrons. The largest absolute Gasteiger partial charge is 0.370 e. The zero-order valence-corrected chi connectivity index (χ0v) is 12.4. The summed E-state index contributed by atoms with van der Waals surface area (Å²) in [4.78, 5) is 2.66. The van der Waals surface area contributed by atoms with Crippen molar-refractivity contribution in [1.82, 2.24) is 5.32 Å². The fourth-order valence-electron chi connectivity index (χ4n) is 3.97. The first-order valence-corrected chi connectivity index (χ1v) is 8.52. The SMILES string of the molecule is c1cc2c(c(N3CCCC(NC4CC4)C3)c1)CCCC2. The van der Waals surface area contributed by atoms with Gasteiger partial charge in [0, 0.05) is 30.9 Å². The van der Waals surface area contributed by atoms with E-state index in [4.69, 9.17) is 0 Å². The lowest BCUT2D eigenvalue weighted by Gasteiger charge is -2.37. The highest BCUT2D eigenvalue weighted by molar-refractivity contribution is 5.58. The van der Waals surface area contributed by atoms with Crippen molar-refractivity contribution in [1.29, 1.82) is 0 Å². The van der Waals surface area contributed by atoms with Gasteiger partial charge in [-0.2, -0.15) is 0 Å². The minimum absolute atomic E-state index is 0.718. The predicted octanol–water partition coefficient (Wildman–Crippen LogP) is 3.29. The minimum atomic E-state index is 0.718. The van der Waals surface area contributed by atoms with E-state index in [0.717, 1.165) is 12.1 Å². The first-order valence-electron chi connectivity index (χ1n) is 8.52. The highest BCUT2D eigenvalue weighted by atomic mass is 15.2. The van der Waals surface area contributed by atoms with Crippen molar-refractivity contribution < 1.29 is 0 Å². The summed E-state index contributed by atoms with van der Waals surface area (Å²) in [6, 6.07) is 8.54. The van der Waals surface area contributed by atoms with Gasteiger partial charge >= 0.3 is 0 Å². The maximum atomic E-state index is 3.83. The number of hydrogen-bond acceptors (Lipinski definition) is 2. The maximum Gasteiger partial charge on any atom is 0.0402 e. The molecule has 0 aromatic heterocycles. The van der Waals surface area contributed by atoms with E-state index >= 15 is 0 Å². The minimum Gasteiger partial charge on any atom is -0.370 e. The summed E-state index contributed by atoms with van der Waals surface area (Å²) in [6.45, 7) is 2.46. The number of anilines is 1. The molecular formula is C18H26N2. The number of nitrogens with zero attached hydrogens (tertiary/aromatic N) is 1. The van der Waals surface area contributed by atoms with E-state index in [2.05, 4.69) is 28.4 Å². The number of aryl methyl sites for hydroxylation is 1. The summed E-state index contributed by atoms with van der Waals surface area (Å²) >= 11 is 0. The predicted molar refractivity (Wildman–Crippen MR) is 84.5 cm³/mol. The summed E-state index contributed by atoms with van der Waals surface area (Å²) in [5.74, 6) is 0. The Morgan fingerprint density at radius 1 is 0.950 bits per heavy atom. The topological polar surface area (TPSA) is 15.3 Å². The lowest BCUT2D eigenvalue weighted by Crippen LogP contribution is -2.46. The molecule has 4 rings (SSSR count). The van der Waals surface area contributed by atoms with Crippen LogP contribution in [0.1, 0.15) is 49.7 Å². The van der Waals surface area contributed by atoms with Crippen LogP contribution in [0, 0.1) is 0 Å². The van der Waals surface area contributed by atoms with Crippen LogP contribution in [0.4, 0.5) is 5.69 Å². The van der Waals surface area contributed by atoms with Gasteiger partial charge in [-0.1, -0.05) is 12.1 Å². The van der Waals surface area contributed by atoms with Gasteiger partial charge in [-0.25, -0.2) is 0 Å². The third-order valence-corrected chi connectivity index (χ3v) is 5.18. The van der Waals surface area contributed by atoms with Crippen molar-refractivity contribution in [2.75, 3.05) is 18.0 Å². The van der Waals surface area contributed by atoms with E-state index in [0.29, 0.717) is 0 Å². The monoisotopic (exact) mass is 270 g/mol. The van der Waals surface area contributed by atoms with Crippen LogP contribution >= 0.6 is 0 Å². The van der Waals surface area contributed by atoms with E-state index in [1.165, 1.54) is 64.5 Å². The molecule has 1 aromatic carbocycles. The second kappa shape index (κ2) is 5.40. The number of rotatable bonds is 3. The molecule has 108 valence electrons. The summed E-state index contributed by atoms with van der Waals surface area (Å²) in [6.07, 6.45) is 10.8. The number of nitrogens with one attached hydrogen (secondary N) is 1. The fourth-order valence-corrected chi connectivity index (χ4v) is 3.97. The molecule has 0 bridgehead atoms. The number of benzene rings is 1.